The topological polar surface area (TPSA) is 114 Å². The van der Waals surface area contributed by atoms with Gasteiger partial charge in [0.2, 0.25) is 11.8 Å². The molecular formula is C26H32N6O3. The number of likely N-dealkylation sites (tertiary alicyclic amines) is 3. The fraction of sp³-hybridized carbons (Fsp3) is 0.615. The van der Waals surface area contributed by atoms with Crippen LogP contribution in [-0.4, -0.2) is 94.7 Å². The summed E-state index contributed by atoms with van der Waals surface area (Å²) < 4.78 is 0. The zero-order valence-electron chi connectivity index (χ0n) is 20.3. The number of nitrogens with two attached hydrogens (primary N) is 1. The molecule has 1 aromatic rings. The molecule has 0 aromatic heterocycles. The van der Waals surface area contributed by atoms with E-state index < -0.39 is 6.04 Å². The predicted octanol–water partition coefficient (Wildman–Crippen LogP) is 0.501. The van der Waals surface area contributed by atoms with E-state index in [9.17, 15) is 19.6 Å². The minimum Gasteiger partial charge on any atom is -0.345 e. The molecule has 3 heterocycles. The van der Waals surface area contributed by atoms with Gasteiger partial charge in [-0.2, -0.15) is 5.26 Å². The summed E-state index contributed by atoms with van der Waals surface area (Å²) >= 11 is 0. The minimum absolute atomic E-state index is 0.0127. The number of piperazine rings is 1. The molecule has 4 fully saturated rings. The first-order chi connectivity index (χ1) is 16.8. The highest BCUT2D eigenvalue weighted by molar-refractivity contribution is 5.94. The average molecular weight is 477 g/mol. The highest BCUT2D eigenvalue weighted by Crippen LogP contribution is 2.48. The minimum atomic E-state index is -0.717. The van der Waals surface area contributed by atoms with Gasteiger partial charge in [0.05, 0.1) is 24.2 Å². The molecule has 5 aliphatic rings. The van der Waals surface area contributed by atoms with Crippen LogP contribution in [0.1, 0.15) is 53.2 Å². The second kappa shape index (κ2) is 8.04. The number of benzene rings is 1. The zero-order valence-corrected chi connectivity index (χ0v) is 20.3. The van der Waals surface area contributed by atoms with Gasteiger partial charge in [0.15, 0.2) is 0 Å². The van der Waals surface area contributed by atoms with E-state index in [4.69, 9.17) is 5.73 Å². The molecule has 0 spiro atoms. The average Bonchev–Trinajstić information content (AvgIpc) is 3.18. The predicted molar refractivity (Wildman–Crippen MR) is 127 cm³/mol. The number of aryl methyl sites for hydroxylation is 1. The number of nitrogens with zero attached hydrogens (tertiary/aromatic N) is 5. The summed E-state index contributed by atoms with van der Waals surface area (Å²) in [6.45, 7) is 1.07. The van der Waals surface area contributed by atoms with Crippen molar-refractivity contribution in [2.75, 3.05) is 27.2 Å². The first-order valence-corrected chi connectivity index (χ1v) is 12.7. The van der Waals surface area contributed by atoms with E-state index in [1.165, 1.54) is 0 Å². The molecule has 3 aliphatic heterocycles. The van der Waals surface area contributed by atoms with E-state index in [0.29, 0.717) is 24.6 Å². The van der Waals surface area contributed by atoms with Gasteiger partial charge in [0.1, 0.15) is 6.04 Å². The molecule has 184 valence electrons. The Hall–Kier alpha value is -2.96. The summed E-state index contributed by atoms with van der Waals surface area (Å²) in [6, 6.07) is 7.13. The first kappa shape index (κ1) is 22.5. The standard InChI is InChI=1S/C26H32N6O3/c1-29(2)24(33)15-3-5-19-14(7-15)4-6-21(19)32-18-10-23(26(32)35)30(12-18)13-20(28)25(34)31-17(11-27)8-16-9-22(16)31/h3,5,7,16-18,20-23H,4,6,8-10,12-13,28H2,1-2H3/t16-,17+,18?,20+,21-,22+,23-/m1/s1. The maximum atomic E-state index is 13.4. The highest BCUT2D eigenvalue weighted by atomic mass is 16.2. The molecule has 2 N–H and O–H groups in total. The molecule has 0 radical (unpaired) electrons. The second-order valence-corrected chi connectivity index (χ2v) is 11.1. The fourth-order valence-corrected chi connectivity index (χ4v) is 6.99. The van der Waals surface area contributed by atoms with E-state index in [1.54, 1.807) is 23.9 Å². The summed E-state index contributed by atoms with van der Waals surface area (Å²) in [5.74, 6) is 0.411. The van der Waals surface area contributed by atoms with Crippen molar-refractivity contribution in [3.8, 4) is 6.07 Å². The summed E-state index contributed by atoms with van der Waals surface area (Å²) in [5, 5.41) is 9.42. The van der Waals surface area contributed by atoms with Crippen LogP contribution in [0.4, 0.5) is 0 Å². The van der Waals surface area contributed by atoms with Crippen LogP contribution in [0.15, 0.2) is 18.2 Å². The molecule has 3 saturated heterocycles. The maximum Gasteiger partial charge on any atom is 0.253 e. The first-order valence-electron chi connectivity index (χ1n) is 12.7. The van der Waals surface area contributed by atoms with Crippen molar-refractivity contribution in [2.45, 2.75) is 68.4 Å². The number of nitriles is 1. The molecule has 1 unspecified atom stereocenters. The molecule has 2 aliphatic carbocycles. The Morgan fingerprint density at radius 2 is 2.03 bits per heavy atom. The molecule has 35 heavy (non-hydrogen) atoms. The third-order valence-electron chi connectivity index (χ3n) is 8.75. The van der Waals surface area contributed by atoms with Crippen LogP contribution in [0.25, 0.3) is 0 Å². The smallest absolute Gasteiger partial charge is 0.253 e. The van der Waals surface area contributed by atoms with Crippen molar-refractivity contribution < 1.29 is 14.4 Å². The Kier molecular flexibility index (Phi) is 5.17. The summed E-state index contributed by atoms with van der Waals surface area (Å²) in [5.41, 5.74) is 9.32. The van der Waals surface area contributed by atoms with Gasteiger partial charge in [-0.3, -0.25) is 19.3 Å². The number of hydrogen-bond acceptors (Lipinski definition) is 6. The third-order valence-corrected chi connectivity index (χ3v) is 8.75. The van der Waals surface area contributed by atoms with Gasteiger partial charge >= 0.3 is 0 Å². The van der Waals surface area contributed by atoms with Crippen LogP contribution in [0.3, 0.4) is 0 Å². The van der Waals surface area contributed by atoms with E-state index in [0.717, 1.165) is 43.2 Å². The van der Waals surface area contributed by atoms with Gasteiger partial charge in [-0.1, -0.05) is 6.07 Å². The Labute approximate surface area is 205 Å². The lowest BCUT2D eigenvalue weighted by Crippen LogP contribution is -2.57. The van der Waals surface area contributed by atoms with Gasteiger partial charge in [-0.15, -0.1) is 0 Å². The molecule has 2 bridgehead atoms. The molecule has 6 rings (SSSR count). The monoisotopic (exact) mass is 476 g/mol. The van der Waals surface area contributed by atoms with Crippen LogP contribution < -0.4 is 5.73 Å². The number of fused-ring (bicyclic) bond motifs is 4. The van der Waals surface area contributed by atoms with Crippen molar-refractivity contribution in [1.29, 1.82) is 5.26 Å². The summed E-state index contributed by atoms with van der Waals surface area (Å²) in [7, 11) is 3.50. The largest absolute Gasteiger partial charge is 0.345 e. The Morgan fingerprint density at radius 1 is 1.23 bits per heavy atom. The zero-order chi connectivity index (χ0) is 24.6. The van der Waals surface area contributed by atoms with Crippen LogP contribution in [0.2, 0.25) is 0 Å². The highest BCUT2D eigenvalue weighted by Gasteiger charge is 2.56. The van der Waals surface area contributed by atoms with Crippen LogP contribution in [0, 0.1) is 17.2 Å². The second-order valence-electron chi connectivity index (χ2n) is 11.1. The Bertz CT molecular complexity index is 1140. The van der Waals surface area contributed by atoms with E-state index in [1.807, 2.05) is 18.2 Å². The lowest BCUT2D eigenvalue weighted by Gasteiger charge is -2.38. The molecule has 9 heteroatoms. The number of carbonyl (C=O) groups excluding carboxylic acids is 3. The molecule has 7 atom stereocenters. The Morgan fingerprint density at radius 3 is 2.74 bits per heavy atom. The third kappa shape index (κ3) is 3.46. The lowest BCUT2D eigenvalue weighted by molar-refractivity contribution is -0.141. The molecular weight excluding hydrogens is 444 g/mol. The quantitative estimate of drug-likeness (QED) is 0.662. The lowest BCUT2D eigenvalue weighted by atomic mass is 10.0. The van der Waals surface area contributed by atoms with Gasteiger partial charge in [0.25, 0.3) is 5.91 Å². The molecule has 9 nitrogen and oxygen atoms in total. The summed E-state index contributed by atoms with van der Waals surface area (Å²) in [6.07, 6.45) is 4.23. The summed E-state index contributed by atoms with van der Waals surface area (Å²) in [4.78, 5) is 46.3. The number of piperidine rings is 1. The molecule has 1 saturated carbocycles. The van der Waals surface area contributed by atoms with Gasteiger partial charge in [-0.05, 0) is 61.3 Å². The van der Waals surface area contributed by atoms with Crippen molar-refractivity contribution in [3.63, 3.8) is 0 Å². The van der Waals surface area contributed by atoms with Crippen LogP contribution in [-0.2, 0) is 16.0 Å². The van der Waals surface area contributed by atoms with Crippen molar-refractivity contribution in [3.05, 3.63) is 34.9 Å². The van der Waals surface area contributed by atoms with Crippen LogP contribution in [0.5, 0.6) is 0 Å². The van der Waals surface area contributed by atoms with Gasteiger partial charge in [-0.25, -0.2) is 0 Å². The van der Waals surface area contributed by atoms with Crippen molar-refractivity contribution in [1.82, 2.24) is 19.6 Å². The Balaban J connectivity index is 1.12. The SMILES string of the molecule is CN(C)C(=O)c1ccc2c(c1)CC[C@H]2N1C(=O)[C@H]2CC1CN2C[C@H](N)C(=O)N1[C@H](C#N)C[C@@H]2C[C@@H]21. The number of carbonyl (C=O) groups is 3. The van der Waals surface area contributed by atoms with Crippen LogP contribution >= 0.6 is 0 Å². The van der Waals surface area contributed by atoms with Gasteiger partial charge < -0.3 is 20.4 Å². The maximum absolute atomic E-state index is 13.4. The van der Waals surface area contributed by atoms with Gasteiger partial charge in [0, 0.05) is 44.8 Å². The fourth-order valence-electron chi connectivity index (χ4n) is 6.99. The van der Waals surface area contributed by atoms with E-state index in [2.05, 4.69) is 15.9 Å². The molecule has 3 amide bonds. The number of amides is 3. The van der Waals surface area contributed by atoms with Crippen molar-refractivity contribution >= 4 is 17.7 Å². The van der Waals surface area contributed by atoms with E-state index in [-0.39, 0.29) is 47.9 Å². The number of hydrogen-bond donors (Lipinski definition) is 1. The number of rotatable bonds is 5. The van der Waals surface area contributed by atoms with Crippen molar-refractivity contribution in [2.24, 2.45) is 11.7 Å². The van der Waals surface area contributed by atoms with E-state index >= 15 is 0 Å². The normalized spacial score (nSPS) is 33.5. The molecule has 1 aromatic carbocycles.